The Morgan fingerprint density at radius 2 is 2.14 bits per heavy atom. The molecule has 1 saturated heterocycles. The monoisotopic (exact) mass is 394 g/mol. The predicted octanol–water partition coefficient (Wildman–Crippen LogP) is 3.55. The molecule has 4 aromatic rings. The number of hydrogen-bond donors (Lipinski definition) is 1. The molecule has 0 spiro atoms. The van der Waals surface area contributed by atoms with Gasteiger partial charge in [0, 0.05) is 53.1 Å². The number of morpholine rings is 1. The van der Waals surface area contributed by atoms with Crippen LogP contribution in [-0.2, 0) is 15.7 Å². The van der Waals surface area contributed by atoms with E-state index in [1.807, 2.05) is 24.5 Å². The molecule has 0 saturated carbocycles. The number of ether oxygens (including phenoxy) is 1. The van der Waals surface area contributed by atoms with Crippen LogP contribution in [0.5, 0.6) is 0 Å². The van der Waals surface area contributed by atoms with E-state index in [4.69, 9.17) is 9.72 Å². The second kappa shape index (κ2) is 6.76. The van der Waals surface area contributed by atoms with E-state index in [9.17, 15) is 4.21 Å². The Labute approximate surface area is 165 Å². The Morgan fingerprint density at radius 1 is 1.25 bits per heavy atom. The lowest BCUT2D eigenvalue weighted by atomic mass is 10.0. The number of hydrogen-bond acceptors (Lipinski definition) is 4. The van der Waals surface area contributed by atoms with Crippen molar-refractivity contribution in [1.29, 1.82) is 0 Å². The van der Waals surface area contributed by atoms with Crippen LogP contribution in [0.2, 0.25) is 0 Å². The van der Waals surface area contributed by atoms with Gasteiger partial charge in [0.1, 0.15) is 11.0 Å². The highest BCUT2D eigenvalue weighted by Gasteiger charge is 2.24. The van der Waals surface area contributed by atoms with Crippen LogP contribution < -0.4 is 4.90 Å². The zero-order chi connectivity index (χ0) is 19.3. The first-order valence-corrected chi connectivity index (χ1v) is 10.9. The maximum atomic E-state index is 12.3. The fourth-order valence-corrected chi connectivity index (χ4v) is 4.66. The SMILES string of the molecule is CC1COCCN1c1cc(-c2cccc3[nH]ccc23)nc2c1ccn2S(C)=O. The summed E-state index contributed by atoms with van der Waals surface area (Å²) in [6, 6.07) is 12.7. The Hall–Kier alpha value is -2.64. The number of aromatic nitrogens is 3. The highest BCUT2D eigenvalue weighted by Crippen LogP contribution is 2.35. The van der Waals surface area contributed by atoms with E-state index >= 15 is 0 Å². The molecule has 1 fully saturated rings. The van der Waals surface area contributed by atoms with Crippen molar-refractivity contribution in [3.63, 3.8) is 0 Å². The van der Waals surface area contributed by atoms with Gasteiger partial charge in [0.25, 0.3) is 0 Å². The molecule has 0 amide bonds. The van der Waals surface area contributed by atoms with Crippen molar-refractivity contribution in [3.8, 4) is 11.3 Å². The van der Waals surface area contributed by atoms with E-state index in [-0.39, 0.29) is 6.04 Å². The van der Waals surface area contributed by atoms with Crippen LogP contribution in [0.15, 0.2) is 48.8 Å². The third-order valence-corrected chi connectivity index (χ3v) is 6.28. The number of H-pyrrole nitrogens is 1. The lowest BCUT2D eigenvalue weighted by Crippen LogP contribution is -2.43. The summed E-state index contributed by atoms with van der Waals surface area (Å²) in [5, 5.41) is 2.15. The smallest absolute Gasteiger partial charge is 0.154 e. The van der Waals surface area contributed by atoms with Gasteiger partial charge in [-0.2, -0.15) is 0 Å². The zero-order valence-electron chi connectivity index (χ0n) is 15.9. The number of aromatic amines is 1. The lowest BCUT2D eigenvalue weighted by molar-refractivity contribution is 0.0991. The molecule has 0 radical (unpaired) electrons. The predicted molar refractivity (Wildman–Crippen MR) is 114 cm³/mol. The van der Waals surface area contributed by atoms with Gasteiger partial charge < -0.3 is 14.6 Å². The van der Waals surface area contributed by atoms with Crippen molar-refractivity contribution in [1.82, 2.24) is 13.9 Å². The second-order valence-corrected chi connectivity index (χ2v) is 8.43. The van der Waals surface area contributed by atoms with Crippen molar-refractivity contribution in [2.45, 2.75) is 13.0 Å². The largest absolute Gasteiger partial charge is 0.377 e. The Bertz CT molecular complexity index is 1200. The van der Waals surface area contributed by atoms with Gasteiger partial charge in [0.2, 0.25) is 0 Å². The summed E-state index contributed by atoms with van der Waals surface area (Å²) in [6.07, 6.45) is 5.49. The first-order chi connectivity index (χ1) is 13.6. The van der Waals surface area contributed by atoms with Gasteiger partial charge in [0.15, 0.2) is 5.65 Å². The van der Waals surface area contributed by atoms with Crippen LogP contribution in [0.3, 0.4) is 0 Å². The van der Waals surface area contributed by atoms with Crippen LogP contribution in [0.1, 0.15) is 6.92 Å². The minimum atomic E-state index is -1.17. The van der Waals surface area contributed by atoms with Gasteiger partial charge >= 0.3 is 0 Å². The first-order valence-electron chi connectivity index (χ1n) is 9.40. The molecule has 1 N–H and O–H groups in total. The minimum Gasteiger partial charge on any atom is -0.377 e. The molecule has 2 unspecified atom stereocenters. The summed E-state index contributed by atoms with van der Waals surface area (Å²) in [7, 11) is -1.17. The molecule has 0 bridgehead atoms. The van der Waals surface area contributed by atoms with Crippen molar-refractivity contribution in [2.24, 2.45) is 0 Å². The van der Waals surface area contributed by atoms with Crippen LogP contribution >= 0.6 is 0 Å². The summed E-state index contributed by atoms with van der Waals surface area (Å²) < 4.78 is 19.7. The third kappa shape index (κ3) is 2.73. The lowest BCUT2D eigenvalue weighted by Gasteiger charge is -2.35. The van der Waals surface area contributed by atoms with E-state index < -0.39 is 11.0 Å². The quantitative estimate of drug-likeness (QED) is 0.577. The average molecular weight is 395 g/mol. The highest BCUT2D eigenvalue weighted by molar-refractivity contribution is 7.82. The summed E-state index contributed by atoms with van der Waals surface area (Å²) in [6.45, 7) is 4.41. The van der Waals surface area contributed by atoms with Gasteiger partial charge in [-0.25, -0.2) is 9.19 Å². The second-order valence-electron chi connectivity index (χ2n) is 7.19. The van der Waals surface area contributed by atoms with Crippen molar-refractivity contribution >= 4 is 38.6 Å². The minimum absolute atomic E-state index is 0.269. The normalized spacial score (nSPS) is 18.8. The van der Waals surface area contributed by atoms with Crippen molar-refractivity contribution < 1.29 is 8.95 Å². The molecular formula is C21H22N4O2S. The van der Waals surface area contributed by atoms with Gasteiger partial charge in [-0.05, 0) is 31.2 Å². The van der Waals surface area contributed by atoms with E-state index in [2.05, 4.69) is 41.1 Å². The maximum Gasteiger partial charge on any atom is 0.154 e. The number of anilines is 1. The summed E-state index contributed by atoms with van der Waals surface area (Å²) in [5.74, 6) is 0. The topological polar surface area (TPSA) is 63.1 Å². The number of nitrogens with zero attached hydrogens (tertiary/aromatic N) is 3. The molecule has 28 heavy (non-hydrogen) atoms. The number of fused-ring (bicyclic) bond motifs is 2. The fourth-order valence-electron chi connectivity index (χ4n) is 4.05. The van der Waals surface area contributed by atoms with Crippen LogP contribution in [0.25, 0.3) is 33.2 Å². The van der Waals surface area contributed by atoms with E-state index in [0.717, 1.165) is 45.4 Å². The summed E-state index contributed by atoms with van der Waals surface area (Å²) >= 11 is 0. The molecule has 144 valence electrons. The van der Waals surface area contributed by atoms with Gasteiger partial charge in [0.05, 0.1) is 24.6 Å². The summed E-state index contributed by atoms with van der Waals surface area (Å²) in [5.41, 5.74) is 4.90. The van der Waals surface area contributed by atoms with Crippen LogP contribution in [-0.4, -0.2) is 50.2 Å². The average Bonchev–Trinajstić information content (AvgIpc) is 3.34. The van der Waals surface area contributed by atoms with E-state index in [1.54, 1.807) is 10.2 Å². The molecule has 0 aliphatic carbocycles. The maximum absolute atomic E-state index is 12.3. The molecule has 4 heterocycles. The van der Waals surface area contributed by atoms with Crippen molar-refractivity contribution in [3.05, 3.63) is 48.8 Å². The van der Waals surface area contributed by atoms with E-state index in [1.165, 1.54) is 0 Å². The zero-order valence-corrected chi connectivity index (χ0v) is 16.7. The molecule has 1 aromatic carbocycles. The standard InChI is InChI=1S/C21H22N4O2S/c1-14-13-27-11-10-24(14)20-12-19(15-4-3-5-18-16(15)6-8-22-18)23-21-17(20)7-9-25(21)28(2)26/h3-9,12,14,22H,10-11,13H2,1-2H3. The number of rotatable bonds is 3. The van der Waals surface area contributed by atoms with Gasteiger partial charge in [-0.3, -0.25) is 3.97 Å². The van der Waals surface area contributed by atoms with Crippen LogP contribution in [0, 0.1) is 0 Å². The van der Waals surface area contributed by atoms with Crippen LogP contribution in [0.4, 0.5) is 5.69 Å². The highest BCUT2D eigenvalue weighted by atomic mass is 32.2. The summed E-state index contributed by atoms with van der Waals surface area (Å²) in [4.78, 5) is 10.6. The number of nitrogens with one attached hydrogen (secondary N) is 1. The van der Waals surface area contributed by atoms with Gasteiger partial charge in [-0.15, -0.1) is 0 Å². The fraction of sp³-hybridized carbons (Fsp3) is 0.286. The molecule has 1 aliphatic heterocycles. The van der Waals surface area contributed by atoms with E-state index in [0.29, 0.717) is 13.2 Å². The van der Waals surface area contributed by atoms with Gasteiger partial charge in [-0.1, -0.05) is 12.1 Å². The Morgan fingerprint density at radius 3 is 2.96 bits per heavy atom. The number of pyridine rings is 1. The first kappa shape index (κ1) is 17.5. The molecular weight excluding hydrogens is 372 g/mol. The molecule has 6 nitrogen and oxygen atoms in total. The Balaban J connectivity index is 1.79. The Kier molecular flexibility index (Phi) is 4.21. The number of benzene rings is 1. The molecule has 7 heteroatoms. The molecule has 3 aromatic heterocycles. The molecule has 5 rings (SSSR count). The third-order valence-electron chi connectivity index (χ3n) is 5.43. The molecule has 2 atom stereocenters. The van der Waals surface area contributed by atoms with Crippen molar-refractivity contribution in [2.75, 3.05) is 30.9 Å². The molecule has 1 aliphatic rings.